The lowest BCUT2D eigenvalue weighted by Gasteiger charge is -2.08. The molecule has 1 aromatic heterocycles. The Bertz CT molecular complexity index is 740. The molecule has 0 bridgehead atoms. The zero-order chi connectivity index (χ0) is 17.5. The molecule has 0 fully saturated rings. The number of amides is 2. The first-order valence-corrected chi connectivity index (χ1v) is 7.34. The Kier molecular flexibility index (Phi) is 5.67. The zero-order valence-corrected chi connectivity index (χ0v) is 13.1. The summed E-state index contributed by atoms with van der Waals surface area (Å²) < 4.78 is 4.95. The summed E-state index contributed by atoms with van der Waals surface area (Å²) >= 11 is 0. The van der Waals surface area contributed by atoms with Gasteiger partial charge in [-0.2, -0.15) is 0 Å². The molecule has 0 atom stereocenters. The molecule has 2 rings (SSSR count). The van der Waals surface area contributed by atoms with Crippen molar-refractivity contribution < 1.29 is 18.9 Å². The number of nitrogens with zero attached hydrogens (tertiary/aromatic N) is 1. The average Bonchev–Trinajstić information content (AvgIpc) is 3.07. The highest BCUT2D eigenvalue weighted by molar-refractivity contribution is 5.92. The lowest BCUT2D eigenvalue weighted by atomic mass is 10.1. The van der Waals surface area contributed by atoms with Crippen LogP contribution >= 0.6 is 0 Å². The molecule has 1 heterocycles. The molecule has 2 aromatic rings. The van der Waals surface area contributed by atoms with Crippen LogP contribution in [0.4, 0.5) is 11.4 Å². The van der Waals surface area contributed by atoms with E-state index < -0.39 is 4.92 Å². The van der Waals surface area contributed by atoms with E-state index in [1.54, 1.807) is 25.1 Å². The summed E-state index contributed by atoms with van der Waals surface area (Å²) in [5, 5.41) is 16.2. The highest BCUT2D eigenvalue weighted by Crippen LogP contribution is 2.25. The minimum absolute atomic E-state index is 0.0430. The fraction of sp³-hybridized carbons (Fsp3) is 0.250. The summed E-state index contributed by atoms with van der Waals surface area (Å²) in [6.45, 7) is 1.90. The fourth-order valence-corrected chi connectivity index (χ4v) is 2.12. The van der Waals surface area contributed by atoms with Crippen LogP contribution in [0.3, 0.4) is 0 Å². The molecule has 0 aliphatic rings. The van der Waals surface area contributed by atoms with Crippen molar-refractivity contribution in [2.24, 2.45) is 0 Å². The Morgan fingerprint density at radius 2 is 2.04 bits per heavy atom. The highest BCUT2D eigenvalue weighted by atomic mass is 16.6. The summed E-state index contributed by atoms with van der Waals surface area (Å²) in [5.41, 5.74) is 0.773. The van der Waals surface area contributed by atoms with E-state index in [0.717, 1.165) is 0 Å². The van der Waals surface area contributed by atoms with Crippen molar-refractivity contribution in [1.29, 1.82) is 0 Å². The number of hydrogen-bond donors (Lipinski definition) is 2. The Morgan fingerprint density at radius 1 is 1.25 bits per heavy atom. The Morgan fingerprint density at radius 3 is 2.71 bits per heavy atom. The first-order valence-electron chi connectivity index (χ1n) is 7.34. The molecular formula is C16H17N3O5. The summed E-state index contributed by atoms with van der Waals surface area (Å²) in [4.78, 5) is 33.9. The lowest BCUT2D eigenvalue weighted by Crippen LogP contribution is -2.25. The second-order valence-corrected chi connectivity index (χ2v) is 5.09. The molecule has 0 radical (unpaired) electrons. The van der Waals surface area contributed by atoms with Crippen molar-refractivity contribution in [3.05, 3.63) is 58.0 Å². The van der Waals surface area contributed by atoms with Gasteiger partial charge in [0.1, 0.15) is 0 Å². The maximum atomic E-state index is 11.9. The van der Waals surface area contributed by atoms with Crippen LogP contribution in [0, 0.1) is 17.0 Å². The van der Waals surface area contributed by atoms with Gasteiger partial charge in [-0.15, -0.1) is 0 Å². The molecule has 0 saturated heterocycles. The monoisotopic (exact) mass is 331 g/mol. The Balaban J connectivity index is 1.79. The van der Waals surface area contributed by atoms with Gasteiger partial charge >= 0.3 is 0 Å². The molecule has 0 aliphatic heterocycles. The van der Waals surface area contributed by atoms with Crippen LogP contribution in [0.15, 0.2) is 41.0 Å². The number of furan rings is 1. The van der Waals surface area contributed by atoms with E-state index in [1.807, 2.05) is 0 Å². The number of carbonyl (C=O) groups excluding carboxylic acids is 2. The topological polar surface area (TPSA) is 114 Å². The number of nitro benzene ring substituents is 1. The minimum atomic E-state index is -0.491. The third kappa shape index (κ3) is 4.42. The SMILES string of the molecule is Cc1c(NC(=O)CCCNC(=O)c2ccco2)cccc1[N+](=O)[O-]. The van der Waals surface area contributed by atoms with E-state index in [4.69, 9.17) is 4.42 Å². The lowest BCUT2D eigenvalue weighted by molar-refractivity contribution is -0.385. The van der Waals surface area contributed by atoms with Crippen LogP contribution in [-0.4, -0.2) is 23.3 Å². The van der Waals surface area contributed by atoms with Crippen molar-refractivity contribution in [3.63, 3.8) is 0 Å². The number of anilines is 1. The van der Waals surface area contributed by atoms with Gasteiger partial charge in [0.2, 0.25) is 5.91 Å². The molecule has 1 aromatic carbocycles. The largest absolute Gasteiger partial charge is 0.459 e. The third-order valence-corrected chi connectivity index (χ3v) is 3.39. The number of nitrogens with one attached hydrogen (secondary N) is 2. The first kappa shape index (κ1) is 17.2. The normalized spacial score (nSPS) is 10.2. The highest BCUT2D eigenvalue weighted by Gasteiger charge is 2.14. The first-order chi connectivity index (χ1) is 11.5. The number of rotatable bonds is 7. The second-order valence-electron chi connectivity index (χ2n) is 5.09. The number of benzene rings is 1. The predicted octanol–water partition coefficient (Wildman–Crippen LogP) is 2.64. The van der Waals surface area contributed by atoms with Gasteiger partial charge in [-0.25, -0.2) is 0 Å². The summed E-state index contributed by atoms with van der Waals surface area (Å²) in [7, 11) is 0. The van der Waals surface area contributed by atoms with Crippen molar-refractivity contribution in [1.82, 2.24) is 5.32 Å². The van der Waals surface area contributed by atoms with Crippen molar-refractivity contribution in [2.75, 3.05) is 11.9 Å². The average molecular weight is 331 g/mol. The van der Waals surface area contributed by atoms with Crippen LogP contribution < -0.4 is 10.6 Å². The molecule has 8 nitrogen and oxygen atoms in total. The van der Waals surface area contributed by atoms with Gasteiger partial charge in [-0.1, -0.05) is 6.07 Å². The molecule has 0 aliphatic carbocycles. The minimum Gasteiger partial charge on any atom is -0.459 e. The van der Waals surface area contributed by atoms with Crippen molar-refractivity contribution in [2.45, 2.75) is 19.8 Å². The van der Waals surface area contributed by atoms with Gasteiger partial charge in [0.05, 0.1) is 22.4 Å². The van der Waals surface area contributed by atoms with Crippen LogP contribution in [0.5, 0.6) is 0 Å². The summed E-state index contributed by atoms with van der Waals surface area (Å²) in [6.07, 6.45) is 2.02. The Hall–Kier alpha value is -3.16. The van der Waals surface area contributed by atoms with Gasteiger partial charge in [0.25, 0.3) is 11.6 Å². The number of nitro groups is 1. The van der Waals surface area contributed by atoms with Crippen LogP contribution in [0.25, 0.3) is 0 Å². The molecule has 2 N–H and O–H groups in total. The molecule has 8 heteroatoms. The van der Waals surface area contributed by atoms with E-state index in [9.17, 15) is 19.7 Å². The molecule has 126 valence electrons. The summed E-state index contributed by atoms with van der Waals surface area (Å²) in [6, 6.07) is 7.68. The van der Waals surface area contributed by atoms with Crippen LogP contribution in [0.2, 0.25) is 0 Å². The van der Waals surface area contributed by atoms with Gasteiger partial charge in [-0.05, 0) is 31.5 Å². The van der Waals surface area contributed by atoms with Gasteiger partial charge in [0.15, 0.2) is 5.76 Å². The Labute approximate surface area is 138 Å². The standard InChI is InChI=1S/C16H17N3O5/c1-11-12(5-2-6-13(11)19(22)23)18-15(20)8-3-9-17-16(21)14-7-4-10-24-14/h2,4-7,10H,3,8-9H2,1H3,(H,17,21)(H,18,20). The smallest absolute Gasteiger partial charge is 0.286 e. The van der Waals surface area contributed by atoms with E-state index in [0.29, 0.717) is 24.2 Å². The van der Waals surface area contributed by atoms with Crippen molar-refractivity contribution in [3.8, 4) is 0 Å². The third-order valence-electron chi connectivity index (χ3n) is 3.39. The fourth-order valence-electron chi connectivity index (χ4n) is 2.12. The second kappa shape index (κ2) is 7.91. The molecule has 0 saturated carbocycles. The molecule has 0 spiro atoms. The molecule has 0 unspecified atom stereocenters. The summed E-state index contributed by atoms with van der Waals surface area (Å²) in [5.74, 6) is -0.396. The van der Waals surface area contributed by atoms with Crippen molar-refractivity contribution >= 4 is 23.2 Å². The van der Waals surface area contributed by atoms with Gasteiger partial charge in [-0.3, -0.25) is 19.7 Å². The van der Waals surface area contributed by atoms with E-state index in [1.165, 1.54) is 18.4 Å². The maximum Gasteiger partial charge on any atom is 0.286 e. The van der Waals surface area contributed by atoms with E-state index in [2.05, 4.69) is 10.6 Å². The van der Waals surface area contributed by atoms with Gasteiger partial charge < -0.3 is 15.1 Å². The number of hydrogen-bond acceptors (Lipinski definition) is 5. The van der Waals surface area contributed by atoms with Crippen LogP contribution in [0.1, 0.15) is 29.0 Å². The maximum absolute atomic E-state index is 11.9. The molecular weight excluding hydrogens is 314 g/mol. The molecule has 2 amide bonds. The zero-order valence-electron chi connectivity index (χ0n) is 13.1. The van der Waals surface area contributed by atoms with Crippen LogP contribution in [-0.2, 0) is 4.79 Å². The van der Waals surface area contributed by atoms with E-state index in [-0.39, 0.29) is 29.7 Å². The number of carbonyl (C=O) groups is 2. The molecule has 24 heavy (non-hydrogen) atoms. The predicted molar refractivity (Wildman–Crippen MR) is 86.7 cm³/mol. The van der Waals surface area contributed by atoms with Gasteiger partial charge in [0, 0.05) is 19.0 Å². The quantitative estimate of drug-likeness (QED) is 0.460. The van der Waals surface area contributed by atoms with E-state index >= 15 is 0 Å².